The summed E-state index contributed by atoms with van der Waals surface area (Å²) in [7, 11) is 1.87. The molecule has 1 aliphatic rings. The number of amides is 2. The molecule has 0 atom stereocenters. The number of carbonyl (C=O) groups is 2. The van der Waals surface area contributed by atoms with Crippen LogP contribution in [-0.2, 0) is 20.0 Å². The smallest absolute Gasteiger partial charge is 0.256 e. The van der Waals surface area contributed by atoms with Crippen LogP contribution in [0, 0.1) is 0 Å². The highest BCUT2D eigenvalue weighted by molar-refractivity contribution is 7.08. The first-order chi connectivity index (χ1) is 12.6. The van der Waals surface area contributed by atoms with Crippen LogP contribution >= 0.6 is 11.3 Å². The van der Waals surface area contributed by atoms with E-state index < -0.39 is 0 Å². The number of carbonyl (C=O) groups excluding carboxylic acids is 2. The normalized spacial score (nSPS) is 13.3. The van der Waals surface area contributed by atoms with Gasteiger partial charge in [-0.25, -0.2) is 0 Å². The molecule has 0 saturated carbocycles. The van der Waals surface area contributed by atoms with Crippen LogP contribution in [0.15, 0.2) is 47.2 Å². The topological polar surface area (TPSA) is 67.2 Å². The predicted octanol–water partition coefficient (Wildman–Crippen LogP) is 2.93. The quantitative estimate of drug-likeness (QED) is 0.775. The van der Waals surface area contributed by atoms with Gasteiger partial charge in [0.25, 0.3) is 11.8 Å². The summed E-state index contributed by atoms with van der Waals surface area (Å²) in [5, 5.41) is 11.1. The Balaban J connectivity index is 1.58. The Labute approximate surface area is 155 Å². The summed E-state index contributed by atoms with van der Waals surface area (Å²) in [6, 6.07) is 10.9. The highest BCUT2D eigenvalue weighted by Crippen LogP contribution is 2.27. The summed E-state index contributed by atoms with van der Waals surface area (Å²) >= 11 is 1.51. The summed E-state index contributed by atoms with van der Waals surface area (Å²) in [6.45, 7) is 1.09. The molecule has 6 nitrogen and oxygen atoms in total. The van der Waals surface area contributed by atoms with Crippen LogP contribution in [-0.4, -0.2) is 33.0 Å². The minimum absolute atomic E-state index is 0.0149. The van der Waals surface area contributed by atoms with Gasteiger partial charge in [-0.15, -0.1) is 0 Å². The third-order valence-corrected chi connectivity index (χ3v) is 5.25. The van der Waals surface area contributed by atoms with Crippen molar-refractivity contribution in [3.8, 4) is 0 Å². The fraction of sp³-hybridized carbons (Fsp3) is 0.211. The van der Waals surface area contributed by atoms with E-state index in [2.05, 4.69) is 10.4 Å². The molecule has 4 rings (SSSR count). The van der Waals surface area contributed by atoms with E-state index in [1.165, 1.54) is 11.3 Å². The second kappa shape index (κ2) is 6.76. The number of aromatic nitrogens is 2. The van der Waals surface area contributed by atoms with Crippen molar-refractivity contribution in [1.29, 1.82) is 0 Å². The maximum atomic E-state index is 12.7. The number of fused-ring (bicyclic) bond motifs is 1. The second-order valence-electron chi connectivity index (χ2n) is 6.21. The first kappa shape index (κ1) is 16.5. The Hall–Kier alpha value is -2.93. The summed E-state index contributed by atoms with van der Waals surface area (Å²) < 4.78 is 1.79. The van der Waals surface area contributed by atoms with Crippen LogP contribution in [0.25, 0.3) is 0 Å². The van der Waals surface area contributed by atoms with Gasteiger partial charge in [-0.2, -0.15) is 16.4 Å². The molecule has 2 aromatic heterocycles. The van der Waals surface area contributed by atoms with Gasteiger partial charge in [0.1, 0.15) is 0 Å². The first-order valence-corrected chi connectivity index (χ1v) is 9.30. The van der Waals surface area contributed by atoms with Gasteiger partial charge >= 0.3 is 0 Å². The van der Waals surface area contributed by atoms with Crippen molar-refractivity contribution in [2.75, 3.05) is 11.9 Å². The van der Waals surface area contributed by atoms with Crippen LogP contribution in [0.3, 0.4) is 0 Å². The molecule has 7 heteroatoms. The highest BCUT2D eigenvalue weighted by Gasteiger charge is 2.28. The van der Waals surface area contributed by atoms with E-state index in [0.717, 1.165) is 17.7 Å². The van der Waals surface area contributed by atoms with Crippen molar-refractivity contribution in [3.05, 3.63) is 69.5 Å². The highest BCUT2D eigenvalue weighted by atomic mass is 32.1. The van der Waals surface area contributed by atoms with Gasteiger partial charge in [0, 0.05) is 42.2 Å². The monoisotopic (exact) mass is 366 g/mol. The molecule has 2 amide bonds. The molecule has 0 radical (unpaired) electrons. The molecule has 1 aliphatic heterocycles. The maximum Gasteiger partial charge on any atom is 0.256 e. The Bertz CT molecular complexity index is 948. The fourth-order valence-electron chi connectivity index (χ4n) is 3.20. The third-order valence-electron chi connectivity index (χ3n) is 4.57. The lowest BCUT2D eigenvalue weighted by Crippen LogP contribution is -2.36. The zero-order valence-electron chi connectivity index (χ0n) is 14.3. The largest absolute Gasteiger partial charge is 0.334 e. The third kappa shape index (κ3) is 3.01. The van der Waals surface area contributed by atoms with E-state index in [9.17, 15) is 9.59 Å². The molecule has 3 heterocycles. The van der Waals surface area contributed by atoms with E-state index in [-0.39, 0.29) is 11.8 Å². The van der Waals surface area contributed by atoms with Gasteiger partial charge in [0.05, 0.1) is 12.1 Å². The van der Waals surface area contributed by atoms with E-state index >= 15 is 0 Å². The van der Waals surface area contributed by atoms with Crippen molar-refractivity contribution in [2.24, 2.45) is 7.05 Å². The molecule has 1 N–H and O–H groups in total. The van der Waals surface area contributed by atoms with Crippen LogP contribution in [0.4, 0.5) is 5.82 Å². The molecule has 0 spiro atoms. The Morgan fingerprint density at radius 3 is 2.69 bits per heavy atom. The molecule has 132 valence electrons. The number of thiophene rings is 1. The molecule has 0 unspecified atom stereocenters. The Kier molecular flexibility index (Phi) is 4.30. The van der Waals surface area contributed by atoms with E-state index in [4.69, 9.17) is 0 Å². The van der Waals surface area contributed by atoms with Gasteiger partial charge in [0.15, 0.2) is 5.82 Å². The molecule has 3 aromatic rings. The lowest BCUT2D eigenvalue weighted by Gasteiger charge is -2.27. The summed E-state index contributed by atoms with van der Waals surface area (Å²) in [5.41, 5.74) is 3.25. The molecule has 0 aliphatic carbocycles. The number of hydrogen-bond donors (Lipinski definition) is 1. The van der Waals surface area contributed by atoms with Gasteiger partial charge < -0.3 is 10.2 Å². The van der Waals surface area contributed by atoms with Crippen molar-refractivity contribution < 1.29 is 9.59 Å². The molecule has 0 bridgehead atoms. The summed E-state index contributed by atoms with van der Waals surface area (Å²) in [4.78, 5) is 26.9. The van der Waals surface area contributed by atoms with Crippen molar-refractivity contribution in [1.82, 2.24) is 14.7 Å². The van der Waals surface area contributed by atoms with Gasteiger partial charge in [-0.05, 0) is 23.6 Å². The van der Waals surface area contributed by atoms with Crippen LogP contribution in [0.1, 0.15) is 32.0 Å². The lowest BCUT2D eigenvalue weighted by atomic mass is 10.1. The van der Waals surface area contributed by atoms with Crippen molar-refractivity contribution >= 4 is 29.0 Å². The minimum atomic E-state index is -0.201. The Morgan fingerprint density at radius 1 is 1.15 bits per heavy atom. The van der Waals surface area contributed by atoms with E-state index in [1.807, 2.05) is 47.0 Å². The second-order valence-corrected chi connectivity index (χ2v) is 6.99. The number of benzene rings is 1. The van der Waals surface area contributed by atoms with Crippen molar-refractivity contribution in [3.63, 3.8) is 0 Å². The van der Waals surface area contributed by atoms with Crippen LogP contribution in [0.5, 0.6) is 0 Å². The van der Waals surface area contributed by atoms with E-state index in [1.54, 1.807) is 16.8 Å². The maximum absolute atomic E-state index is 12.7. The fourth-order valence-corrected chi connectivity index (χ4v) is 3.83. The number of nitrogens with zero attached hydrogens (tertiary/aromatic N) is 3. The summed E-state index contributed by atoms with van der Waals surface area (Å²) in [6.07, 6.45) is 0.718. The lowest BCUT2D eigenvalue weighted by molar-refractivity contribution is 0.0734. The molecule has 1 aromatic carbocycles. The van der Waals surface area contributed by atoms with Gasteiger partial charge in [-0.3, -0.25) is 14.3 Å². The Morgan fingerprint density at radius 2 is 1.96 bits per heavy atom. The molecule has 0 fully saturated rings. The zero-order chi connectivity index (χ0) is 18.1. The standard InChI is InChI=1S/C19H18N4O2S/c1-22-16-7-9-23(19(25)14-8-10-26-12-14)11-15(16)17(21-22)20-18(24)13-5-3-2-4-6-13/h2-6,8,10,12H,7,9,11H2,1H3,(H,20,21,24). The zero-order valence-corrected chi connectivity index (χ0v) is 15.1. The van der Waals surface area contributed by atoms with Gasteiger partial charge in [-0.1, -0.05) is 18.2 Å². The minimum Gasteiger partial charge on any atom is -0.334 e. The summed E-state index contributed by atoms with van der Waals surface area (Å²) in [5.74, 6) is 0.341. The van der Waals surface area contributed by atoms with E-state index in [0.29, 0.717) is 30.0 Å². The average molecular weight is 366 g/mol. The number of anilines is 1. The number of aryl methyl sites for hydroxylation is 1. The SMILES string of the molecule is Cn1nc(NC(=O)c2ccccc2)c2c1CCN(C(=O)c1ccsc1)C2. The molecular weight excluding hydrogens is 348 g/mol. The first-order valence-electron chi connectivity index (χ1n) is 8.36. The number of hydrogen-bond acceptors (Lipinski definition) is 4. The average Bonchev–Trinajstić information content (AvgIpc) is 3.31. The molecule has 26 heavy (non-hydrogen) atoms. The van der Waals surface area contributed by atoms with Crippen LogP contribution in [0.2, 0.25) is 0 Å². The molecule has 0 saturated heterocycles. The van der Waals surface area contributed by atoms with Crippen molar-refractivity contribution in [2.45, 2.75) is 13.0 Å². The predicted molar refractivity (Wildman–Crippen MR) is 100 cm³/mol. The number of nitrogens with one attached hydrogen (secondary N) is 1. The number of rotatable bonds is 3. The molecular formula is C19H18N4O2S. The van der Waals surface area contributed by atoms with Crippen LogP contribution < -0.4 is 5.32 Å². The van der Waals surface area contributed by atoms with Gasteiger partial charge in [0.2, 0.25) is 0 Å².